The van der Waals surface area contributed by atoms with Crippen LogP contribution in [0.1, 0.15) is 13.3 Å². The van der Waals surface area contributed by atoms with E-state index >= 15 is 0 Å². The maximum Gasteiger partial charge on any atom is 0.506 e. The average molecular weight is 254 g/mol. The summed E-state index contributed by atoms with van der Waals surface area (Å²) >= 11 is 0. The van der Waals surface area contributed by atoms with Crippen LogP contribution >= 0.6 is 0 Å². The lowest BCUT2D eigenvalue weighted by atomic mass is 10.6. The molecule has 0 bridgehead atoms. The lowest BCUT2D eigenvalue weighted by Gasteiger charge is -2.28. The molecule has 0 aromatic carbocycles. The lowest BCUT2D eigenvalue weighted by Crippen LogP contribution is -2.47. The Labute approximate surface area is 98.1 Å². The largest absolute Gasteiger partial charge is 0.506 e. The predicted molar refractivity (Wildman–Crippen MR) is 59.7 cm³/mol. The van der Waals surface area contributed by atoms with Gasteiger partial charge in [-0.3, -0.25) is 0 Å². The van der Waals surface area contributed by atoms with E-state index in [9.17, 15) is 0 Å². The van der Waals surface area contributed by atoms with Crippen LogP contribution < -0.4 is 0 Å². The highest BCUT2D eigenvalue weighted by Gasteiger charge is 2.40. The topological polar surface area (TPSA) is 55.4 Å². The molecule has 0 heterocycles. The third kappa shape index (κ3) is 6.54. The van der Waals surface area contributed by atoms with Crippen LogP contribution in [-0.4, -0.2) is 50.5 Å². The van der Waals surface area contributed by atoms with Gasteiger partial charge in [-0.1, -0.05) is 13.3 Å². The summed E-state index contributed by atoms with van der Waals surface area (Å²) in [5.74, 6) is 0. The fourth-order valence-electron chi connectivity index (χ4n) is 1.09. The van der Waals surface area contributed by atoms with Crippen LogP contribution in [0.15, 0.2) is 0 Å². The number of methoxy groups -OCH3 is 3. The van der Waals surface area contributed by atoms with Gasteiger partial charge in [-0.15, -0.1) is 0 Å². The van der Waals surface area contributed by atoms with Gasteiger partial charge in [0.25, 0.3) is 0 Å². The molecule has 0 amide bonds. The highest BCUT2D eigenvalue weighted by Crippen LogP contribution is 2.18. The predicted octanol–water partition coefficient (Wildman–Crippen LogP) is 1.20. The molecule has 0 rings (SSSR count). The number of hydrogen-bond acceptors (Lipinski definition) is 6. The van der Waals surface area contributed by atoms with Crippen molar-refractivity contribution in [2.45, 2.75) is 19.4 Å². The van der Waals surface area contributed by atoms with E-state index in [1.54, 1.807) is 21.3 Å². The second-order valence-corrected chi connectivity index (χ2v) is 5.82. The SMILES string of the molecule is CCC[Si](OCOC)(OCOC)OCOC. The van der Waals surface area contributed by atoms with Crippen LogP contribution in [0.4, 0.5) is 0 Å². The maximum atomic E-state index is 5.54. The number of ether oxygens (including phenoxy) is 3. The zero-order chi connectivity index (χ0) is 12.3. The minimum atomic E-state index is -2.73. The van der Waals surface area contributed by atoms with Crippen LogP contribution in [0, 0.1) is 0 Å². The van der Waals surface area contributed by atoms with Crippen molar-refractivity contribution in [1.82, 2.24) is 0 Å². The van der Waals surface area contributed by atoms with Gasteiger partial charge in [0.2, 0.25) is 0 Å². The van der Waals surface area contributed by atoms with Gasteiger partial charge in [-0.2, -0.15) is 0 Å². The van der Waals surface area contributed by atoms with Crippen molar-refractivity contribution in [1.29, 1.82) is 0 Å². The second-order valence-electron chi connectivity index (χ2n) is 3.09. The molecule has 0 spiro atoms. The fourth-order valence-corrected chi connectivity index (χ4v) is 3.28. The molecule has 0 radical (unpaired) electrons. The van der Waals surface area contributed by atoms with Crippen LogP contribution in [0.3, 0.4) is 0 Å². The van der Waals surface area contributed by atoms with Crippen LogP contribution in [0.2, 0.25) is 6.04 Å². The Hall–Kier alpha value is -0.0231. The lowest BCUT2D eigenvalue weighted by molar-refractivity contribution is -0.0853. The minimum Gasteiger partial charge on any atom is -0.360 e. The highest BCUT2D eigenvalue weighted by molar-refractivity contribution is 6.60. The molecule has 0 aliphatic rings. The molecular formula is C9H22O6Si. The Kier molecular flexibility index (Phi) is 10.1. The standard InChI is InChI=1S/C9H22O6Si/c1-5-6-16(13-7-10-2,14-8-11-3)15-9-12-4/h5-9H2,1-4H3. The first-order valence-corrected chi connectivity index (χ1v) is 7.06. The number of rotatable bonds is 11. The Bertz CT molecular complexity index is 135. The second kappa shape index (κ2) is 10.2. The molecule has 0 unspecified atom stereocenters. The van der Waals surface area contributed by atoms with Crippen LogP contribution in [0.25, 0.3) is 0 Å². The Morgan fingerprint density at radius 2 is 1.12 bits per heavy atom. The van der Waals surface area contributed by atoms with Gasteiger partial charge in [-0.25, -0.2) is 0 Å². The molecule has 16 heavy (non-hydrogen) atoms. The minimum absolute atomic E-state index is 0.139. The fraction of sp³-hybridized carbons (Fsp3) is 1.00. The first-order chi connectivity index (χ1) is 7.74. The summed E-state index contributed by atoms with van der Waals surface area (Å²) in [7, 11) is 1.93. The van der Waals surface area contributed by atoms with E-state index in [-0.39, 0.29) is 20.4 Å². The highest BCUT2D eigenvalue weighted by atomic mass is 28.4. The zero-order valence-corrected chi connectivity index (χ0v) is 11.5. The molecule has 0 aliphatic carbocycles. The molecule has 0 saturated heterocycles. The smallest absolute Gasteiger partial charge is 0.360 e. The van der Waals surface area contributed by atoms with Crippen LogP contribution in [0.5, 0.6) is 0 Å². The van der Waals surface area contributed by atoms with Gasteiger partial charge in [0.1, 0.15) is 20.4 Å². The van der Waals surface area contributed by atoms with E-state index in [1.165, 1.54) is 0 Å². The van der Waals surface area contributed by atoms with Crippen molar-refractivity contribution in [3.05, 3.63) is 0 Å². The summed E-state index contributed by atoms with van der Waals surface area (Å²) in [6.45, 7) is 2.45. The van der Waals surface area contributed by atoms with E-state index < -0.39 is 8.80 Å². The average Bonchev–Trinajstić information content (AvgIpc) is 2.31. The third-order valence-electron chi connectivity index (χ3n) is 1.75. The molecule has 98 valence electrons. The van der Waals surface area contributed by atoms with Gasteiger partial charge in [0, 0.05) is 27.4 Å². The first-order valence-electron chi connectivity index (χ1n) is 5.13. The summed E-state index contributed by atoms with van der Waals surface area (Å²) in [6, 6.07) is 0.698. The van der Waals surface area contributed by atoms with Crippen molar-refractivity contribution in [2.24, 2.45) is 0 Å². The Morgan fingerprint density at radius 3 is 1.38 bits per heavy atom. The van der Waals surface area contributed by atoms with Gasteiger partial charge < -0.3 is 27.5 Å². The number of hydrogen-bond donors (Lipinski definition) is 0. The summed E-state index contributed by atoms with van der Waals surface area (Å²) in [6.07, 6.45) is 0.892. The maximum absolute atomic E-state index is 5.54. The van der Waals surface area contributed by atoms with Crippen molar-refractivity contribution >= 4 is 8.80 Å². The normalized spacial score (nSPS) is 12.0. The first kappa shape index (κ1) is 16.0. The van der Waals surface area contributed by atoms with Gasteiger partial charge in [-0.05, 0) is 0 Å². The third-order valence-corrected chi connectivity index (χ3v) is 4.53. The molecule has 0 atom stereocenters. The summed E-state index contributed by atoms with van der Waals surface area (Å²) in [5, 5.41) is 0. The van der Waals surface area contributed by atoms with Crippen molar-refractivity contribution in [2.75, 3.05) is 41.7 Å². The molecule has 0 aromatic heterocycles. The molecule has 0 aromatic rings. The van der Waals surface area contributed by atoms with Crippen molar-refractivity contribution < 1.29 is 27.5 Å². The Morgan fingerprint density at radius 1 is 0.750 bits per heavy atom. The quantitative estimate of drug-likeness (QED) is 0.408. The molecular weight excluding hydrogens is 232 g/mol. The summed E-state index contributed by atoms with van der Waals surface area (Å²) < 4.78 is 31.2. The van der Waals surface area contributed by atoms with Crippen LogP contribution in [-0.2, 0) is 27.5 Å². The van der Waals surface area contributed by atoms with E-state index in [0.29, 0.717) is 6.04 Å². The van der Waals surface area contributed by atoms with E-state index in [0.717, 1.165) is 6.42 Å². The van der Waals surface area contributed by atoms with Gasteiger partial charge >= 0.3 is 8.80 Å². The van der Waals surface area contributed by atoms with Crippen molar-refractivity contribution in [3.63, 3.8) is 0 Å². The van der Waals surface area contributed by atoms with E-state index in [2.05, 4.69) is 0 Å². The molecule has 0 fully saturated rings. The van der Waals surface area contributed by atoms with E-state index in [4.69, 9.17) is 27.5 Å². The molecule has 0 saturated carbocycles. The summed E-state index contributed by atoms with van der Waals surface area (Å²) in [4.78, 5) is 0. The van der Waals surface area contributed by atoms with Gasteiger partial charge in [0.15, 0.2) is 0 Å². The zero-order valence-electron chi connectivity index (χ0n) is 10.5. The van der Waals surface area contributed by atoms with E-state index in [1.807, 2.05) is 6.92 Å². The summed E-state index contributed by atoms with van der Waals surface area (Å²) in [5.41, 5.74) is 0. The van der Waals surface area contributed by atoms with Crippen molar-refractivity contribution in [3.8, 4) is 0 Å². The Balaban J connectivity index is 4.32. The molecule has 6 nitrogen and oxygen atoms in total. The monoisotopic (exact) mass is 254 g/mol. The molecule has 7 heteroatoms. The molecule has 0 aliphatic heterocycles. The van der Waals surface area contributed by atoms with Gasteiger partial charge in [0.05, 0.1) is 0 Å². The molecule has 0 N–H and O–H groups in total.